The Hall–Kier alpha value is -1.42. The molecule has 0 saturated heterocycles. The van der Waals surface area contributed by atoms with E-state index in [2.05, 4.69) is 0 Å². The number of carbonyl (C=O) groups excluding carboxylic acids is 1. The van der Waals surface area contributed by atoms with Gasteiger partial charge in [0, 0.05) is 32.9 Å². The minimum absolute atomic E-state index is 0.353. The van der Waals surface area contributed by atoms with Crippen LogP contribution >= 0.6 is 0 Å². The minimum Gasteiger partial charge on any atom is -0.385 e. The van der Waals surface area contributed by atoms with E-state index in [1.54, 1.807) is 19.2 Å². The largest absolute Gasteiger partial charge is 0.385 e. The van der Waals surface area contributed by atoms with Crippen LogP contribution in [-0.4, -0.2) is 33.6 Å². The first kappa shape index (κ1) is 12.6. The van der Waals surface area contributed by atoms with Gasteiger partial charge in [0.15, 0.2) is 0 Å². The fourth-order valence-electron chi connectivity index (χ4n) is 1.47. The lowest BCUT2D eigenvalue weighted by Crippen LogP contribution is -2.20. The molecule has 0 heterocycles. The lowest BCUT2D eigenvalue weighted by Gasteiger charge is -2.19. The summed E-state index contributed by atoms with van der Waals surface area (Å²) in [6.45, 7) is 1.36. The molecule has 0 aromatic heterocycles. The van der Waals surface area contributed by atoms with Gasteiger partial charge in [-0.3, -0.25) is 4.79 Å². The highest BCUT2D eigenvalue weighted by atomic mass is 19.1. The van der Waals surface area contributed by atoms with Crippen molar-refractivity contribution in [1.29, 1.82) is 0 Å². The van der Waals surface area contributed by atoms with Crippen molar-refractivity contribution in [3.05, 3.63) is 29.6 Å². The van der Waals surface area contributed by atoms with Crippen LogP contribution in [0.4, 0.5) is 10.1 Å². The van der Waals surface area contributed by atoms with Crippen LogP contribution in [0.2, 0.25) is 0 Å². The van der Waals surface area contributed by atoms with Gasteiger partial charge in [0.05, 0.1) is 5.69 Å². The quantitative estimate of drug-likeness (QED) is 0.548. The fourth-order valence-corrected chi connectivity index (χ4v) is 1.47. The lowest BCUT2D eigenvalue weighted by atomic mass is 10.2. The van der Waals surface area contributed by atoms with Gasteiger partial charge in [-0.05, 0) is 24.6 Å². The Labute approximate surface area is 94.8 Å². The standard InChI is InChI=1S/C12H16FNO2/c1-14(6-3-7-16-2)12-5-4-10(9-15)8-11(12)13/h4-5,8-9H,3,6-7H2,1-2H3. The van der Waals surface area contributed by atoms with E-state index < -0.39 is 0 Å². The average molecular weight is 225 g/mol. The van der Waals surface area contributed by atoms with Crippen molar-refractivity contribution in [2.75, 3.05) is 32.2 Å². The third-order valence-corrected chi connectivity index (χ3v) is 2.36. The number of methoxy groups -OCH3 is 1. The molecule has 0 fully saturated rings. The number of hydrogen-bond acceptors (Lipinski definition) is 3. The van der Waals surface area contributed by atoms with Gasteiger partial charge in [-0.25, -0.2) is 4.39 Å². The molecule has 0 radical (unpaired) electrons. The van der Waals surface area contributed by atoms with Crippen molar-refractivity contribution in [2.45, 2.75) is 6.42 Å². The Bertz CT molecular complexity index is 355. The zero-order valence-electron chi connectivity index (χ0n) is 9.57. The van der Waals surface area contributed by atoms with Crippen LogP contribution in [-0.2, 0) is 4.74 Å². The van der Waals surface area contributed by atoms with Crippen molar-refractivity contribution in [3.63, 3.8) is 0 Å². The molecule has 1 rings (SSSR count). The molecule has 0 saturated carbocycles. The zero-order valence-corrected chi connectivity index (χ0v) is 9.57. The number of carbonyl (C=O) groups is 1. The molecule has 4 heteroatoms. The summed E-state index contributed by atoms with van der Waals surface area (Å²) in [7, 11) is 3.45. The van der Waals surface area contributed by atoms with E-state index in [4.69, 9.17) is 4.74 Å². The maximum absolute atomic E-state index is 13.6. The third-order valence-electron chi connectivity index (χ3n) is 2.36. The topological polar surface area (TPSA) is 29.5 Å². The first-order valence-corrected chi connectivity index (χ1v) is 5.14. The monoisotopic (exact) mass is 225 g/mol. The molecule has 0 bridgehead atoms. The smallest absolute Gasteiger partial charge is 0.150 e. The second-order valence-electron chi connectivity index (χ2n) is 3.60. The highest BCUT2D eigenvalue weighted by Crippen LogP contribution is 2.18. The molecular formula is C12H16FNO2. The predicted octanol–water partition coefficient (Wildman–Crippen LogP) is 2.11. The highest BCUT2D eigenvalue weighted by molar-refractivity contribution is 5.75. The van der Waals surface area contributed by atoms with E-state index >= 15 is 0 Å². The summed E-state index contributed by atoms with van der Waals surface area (Å²) in [6.07, 6.45) is 1.47. The molecule has 16 heavy (non-hydrogen) atoms. The summed E-state index contributed by atoms with van der Waals surface area (Å²) in [5.41, 5.74) is 0.855. The Morgan fingerprint density at radius 3 is 2.81 bits per heavy atom. The van der Waals surface area contributed by atoms with Crippen LogP contribution in [0.25, 0.3) is 0 Å². The van der Waals surface area contributed by atoms with Gasteiger partial charge >= 0.3 is 0 Å². The van der Waals surface area contributed by atoms with Crippen LogP contribution in [0.3, 0.4) is 0 Å². The summed E-state index contributed by atoms with van der Waals surface area (Å²) in [5.74, 6) is -0.371. The number of rotatable bonds is 6. The molecule has 0 aliphatic heterocycles. The number of anilines is 1. The third kappa shape index (κ3) is 3.31. The van der Waals surface area contributed by atoms with E-state index in [-0.39, 0.29) is 5.82 Å². The van der Waals surface area contributed by atoms with Gasteiger partial charge in [0.2, 0.25) is 0 Å². The van der Waals surface area contributed by atoms with Gasteiger partial charge in [-0.2, -0.15) is 0 Å². The number of halogens is 1. The average Bonchev–Trinajstić information content (AvgIpc) is 2.29. The van der Waals surface area contributed by atoms with Gasteiger partial charge < -0.3 is 9.64 Å². The number of ether oxygens (including phenoxy) is 1. The summed E-state index contributed by atoms with van der Waals surface area (Å²) >= 11 is 0. The summed E-state index contributed by atoms with van der Waals surface area (Å²) in [4.78, 5) is 12.3. The minimum atomic E-state index is -0.371. The van der Waals surface area contributed by atoms with E-state index in [0.717, 1.165) is 6.42 Å². The van der Waals surface area contributed by atoms with Gasteiger partial charge in [-0.1, -0.05) is 0 Å². The normalized spacial score (nSPS) is 10.2. The molecule has 88 valence electrons. The van der Waals surface area contributed by atoms with Crippen molar-refractivity contribution >= 4 is 12.0 Å². The second-order valence-corrected chi connectivity index (χ2v) is 3.60. The Kier molecular flexibility index (Phi) is 4.92. The van der Waals surface area contributed by atoms with Crippen molar-refractivity contribution in [2.24, 2.45) is 0 Å². The summed E-state index contributed by atoms with van der Waals surface area (Å²) in [5, 5.41) is 0. The number of aldehydes is 1. The van der Waals surface area contributed by atoms with Crippen LogP contribution in [0, 0.1) is 5.82 Å². The highest BCUT2D eigenvalue weighted by Gasteiger charge is 2.07. The van der Waals surface area contributed by atoms with Crippen LogP contribution in [0.1, 0.15) is 16.8 Å². The van der Waals surface area contributed by atoms with Crippen LogP contribution in [0.5, 0.6) is 0 Å². The SMILES string of the molecule is COCCCN(C)c1ccc(C=O)cc1F. The number of benzene rings is 1. The van der Waals surface area contributed by atoms with Crippen LogP contribution in [0.15, 0.2) is 18.2 Å². The van der Waals surface area contributed by atoms with Crippen LogP contribution < -0.4 is 4.90 Å². The first-order valence-electron chi connectivity index (χ1n) is 5.14. The van der Waals surface area contributed by atoms with E-state index in [0.29, 0.717) is 30.7 Å². The predicted molar refractivity (Wildman–Crippen MR) is 61.6 cm³/mol. The Morgan fingerprint density at radius 2 is 2.25 bits per heavy atom. The second kappa shape index (κ2) is 6.23. The molecule has 0 atom stereocenters. The molecule has 3 nitrogen and oxygen atoms in total. The zero-order chi connectivity index (χ0) is 12.0. The van der Waals surface area contributed by atoms with Crippen molar-refractivity contribution in [3.8, 4) is 0 Å². The molecule has 0 amide bonds. The Morgan fingerprint density at radius 1 is 1.50 bits per heavy atom. The van der Waals surface area contributed by atoms with Gasteiger partial charge in [0.1, 0.15) is 12.1 Å². The number of nitrogens with zero attached hydrogens (tertiary/aromatic N) is 1. The van der Waals surface area contributed by atoms with Crippen molar-refractivity contribution in [1.82, 2.24) is 0 Å². The summed E-state index contributed by atoms with van der Waals surface area (Å²) < 4.78 is 18.5. The molecule has 0 spiro atoms. The molecule has 0 aliphatic rings. The molecule has 0 unspecified atom stereocenters. The Balaban J connectivity index is 2.68. The maximum Gasteiger partial charge on any atom is 0.150 e. The summed E-state index contributed by atoms with van der Waals surface area (Å²) in [6, 6.07) is 4.47. The van der Waals surface area contributed by atoms with E-state index in [1.807, 2.05) is 11.9 Å². The maximum atomic E-state index is 13.6. The van der Waals surface area contributed by atoms with Gasteiger partial charge in [0.25, 0.3) is 0 Å². The number of hydrogen-bond donors (Lipinski definition) is 0. The van der Waals surface area contributed by atoms with Crippen molar-refractivity contribution < 1.29 is 13.9 Å². The first-order chi connectivity index (χ1) is 7.69. The van der Waals surface area contributed by atoms with E-state index in [9.17, 15) is 9.18 Å². The molecule has 1 aromatic carbocycles. The fraction of sp³-hybridized carbons (Fsp3) is 0.417. The van der Waals surface area contributed by atoms with Gasteiger partial charge in [-0.15, -0.1) is 0 Å². The molecular weight excluding hydrogens is 209 g/mol. The molecule has 0 aliphatic carbocycles. The van der Waals surface area contributed by atoms with E-state index in [1.165, 1.54) is 6.07 Å². The lowest BCUT2D eigenvalue weighted by molar-refractivity contribution is 0.112. The molecule has 1 aromatic rings. The molecule has 0 N–H and O–H groups in total.